The fraction of sp³-hybridized carbons (Fsp3) is 0.600. The summed E-state index contributed by atoms with van der Waals surface area (Å²) in [7, 11) is 0. The van der Waals surface area contributed by atoms with E-state index in [1.807, 2.05) is 0 Å². The molecule has 1 fully saturated rings. The topological polar surface area (TPSA) is 29.3 Å². The number of hydrogen-bond acceptors (Lipinski definition) is 2. The third-order valence-electron chi connectivity index (χ3n) is 3.93. The average molecular weight is 232 g/mol. The van der Waals surface area contributed by atoms with Crippen molar-refractivity contribution in [2.75, 3.05) is 19.6 Å². The SMILES string of the molecule is CCC(N)(CN1CCCCC1)c1ccccc1. The van der Waals surface area contributed by atoms with Crippen LogP contribution in [0, 0.1) is 0 Å². The zero-order valence-corrected chi connectivity index (χ0v) is 10.9. The smallest absolute Gasteiger partial charge is 0.0535 e. The van der Waals surface area contributed by atoms with Gasteiger partial charge < -0.3 is 10.6 Å². The molecule has 1 unspecified atom stereocenters. The highest BCUT2D eigenvalue weighted by molar-refractivity contribution is 5.24. The monoisotopic (exact) mass is 232 g/mol. The molecule has 0 aliphatic carbocycles. The molecule has 2 nitrogen and oxygen atoms in total. The summed E-state index contributed by atoms with van der Waals surface area (Å²) < 4.78 is 0. The van der Waals surface area contributed by atoms with Gasteiger partial charge in [0.05, 0.1) is 5.54 Å². The highest BCUT2D eigenvalue weighted by Gasteiger charge is 2.28. The molecule has 94 valence electrons. The van der Waals surface area contributed by atoms with E-state index in [4.69, 9.17) is 5.73 Å². The summed E-state index contributed by atoms with van der Waals surface area (Å²) in [5.41, 5.74) is 7.70. The van der Waals surface area contributed by atoms with Crippen LogP contribution in [0.5, 0.6) is 0 Å². The van der Waals surface area contributed by atoms with Crippen LogP contribution in [-0.2, 0) is 5.54 Å². The fourth-order valence-corrected chi connectivity index (χ4v) is 2.69. The maximum atomic E-state index is 6.61. The molecule has 0 spiro atoms. The Hall–Kier alpha value is -0.860. The lowest BCUT2D eigenvalue weighted by Crippen LogP contribution is -2.48. The molecule has 17 heavy (non-hydrogen) atoms. The molecule has 1 aromatic carbocycles. The molecule has 2 N–H and O–H groups in total. The predicted molar refractivity (Wildman–Crippen MR) is 72.9 cm³/mol. The minimum absolute atomic E-state index is 0.182. The van der Waals surface area contributed by atoms with Crippen LogP contribution in [0.3, 0.4) is 0 Å². The Morgan fingerprint density at radius 2 is 1.76 bits per heavy atom. The molecule has 0 saturated carbocycles. The van der Waals surface area contributed by atoms with Crippen LogP contribution in [0.15, 0.2) is 30.3 Å². The summed E-state index contributed by atoms with van der Waals surface area (Å²) >= 11 is 0. The molecule has 1 aromatic rings. The molecule has 1 aliphatic heterocycles. The Morgan fingerprint density at radius 1 is 1.12 bits per heavy atom. The molecule has 1 saturated heterocycles. The fourth-order valence-electron chi connectivity index (χ4n) is 2.69. The van der Waals surface area contributed by atoms with Gasteiger partial charge in [0.2, 0.25) is 0 Å². The van der Waals surface area contributed by atoms with E-state index in [0.29, 0.717) is 0 Å². The van der Waals surface area contributed by atoms with Crippen molar-refractivity contribution in [1.82, 2.24) is 4.90 Å². The van der Waals surface area contributed by atoms with Crippen LogP contribution in [-0.4, -0.2) is 24.5 Å². The molecule has 2 heteroatoms. The van der Waals surface area contributed by atoms with Crippen LogP contribution in [0.1, 0.15) is 38.2 Å². The maximum Gasteiger partial charge on any atom is 0.0535 e. The second-order valence-electron chi connectivity index (χ2n) is 5.21. The second-order valence-corrected chi connectivity index (χ2v) is 5.21. The first-order valence-electron chi connectivity index (χ1n) is 6.81. The molecular weight excluding hydrogens is 208 g/mol. The Morgan fingerprint density at radius 3 is 2.35 bits per heavy atom. The second kappa shape index (κ2) is 5.65. The van der Waals surface area contributed by atoms with Gasteiger partial charge in [-0.25, -0.2) is 0 Å². The van der Waals surface area contributed by atoms with Crippen LogP contribution >= 0.6 is 0 Å². The largest absolute Gasteiger partial charge is 0.320 e. The number of piperidine rings is 1. The van der Waals surface area contributed by atoms with Crippen molar-refractivity contribution in [3.05, 3.63) is 35.9 Å². The lowest BCUT2D eigenvalue weighted by Gasteiger charge is -2.37. The van der Waals surface area contributed by atoms with Gasteiger partial charge in [0, 0.05) is 6.54 Å². The normalized spacial score (nSPS) is 21.1. The van der Waals surface area contributed by atoms with E-state index in [2.05, 4.69) is 42.2 Å². The van der Waals surface area contributed by atoms with E-state index >= 15 is 0 Å². The van der Waals surface area contributed by atoms with Gasteiger partial charge in [0.25, 0.3) is 0 Å². The van der Waals surface area contributed by atoms with E-state index in [9.17, 15) is 0 Å². The van der Waals surface area contributed by atoms with Gasteiger partial charge in [-0.2, -0.15) is 0 Å². The van der Waals surface area contributed by atoms with Crippen molar-refractivity contribution in [2.24, 2.45) is 5.73 Å². The number of nitrogens with two attached hydrogens (primary N) is 1. The number of likely N-dealkylation sites (tertiary alicyclic amines) is 1. The molecule has 1 aliphatic rings. The molecular formula is C15H24N2. The number of hydrogen-bond donors (Lipinski definition) is 1. The molecule has 2 rings (SSSR count). The van der Waals surface area contributed by atoms with Crippen LogP contribution in [0.25, 0.3) is 0 Å². The number of nitrogens with zero attached hydrogens (tertiary/aromatic N) is 1. The number of benzene rings is 1. The quantitative estimate of drug-likeness (QED) is 0.865. The van der Waals surface area contributed by atoms with Gasteiger partial charge in [-0.15, -0.1) is 0 Å². The summed E-state index contributed by atoms with van der Waals surface area (Å²) in [6.45, 7) is 5.61. The number of rotatable bonds is 4. The first kappa shape index (κ1) is 12.6. The lowest BCUT2D eigenvalue weighted by molar-refractivity contribution is 0.174. The van der Waals surface area contributed by atoms with Crippen LogP contribution in [0.4, 0.5) is 0 Å². The standard InChI is InChI=1S/C15H24N2/c1-2-15(16,14-9-5-3-6-10-14)13-17-11-7-4-8-12-17/h3,5-6,9-10H,2,4,7-8,11-13,16H2,1H3. The molecule has 0 radical (unpaired) electrons. The summed E-state index contributed by atoms with van der Waals surface area (Å²) in [4.78, 5) is 2.53. The molecule has 0 amide bonds. The van der Waals surface area contributed by atoms with Gasteiger partial charge >= 0.3 is 0 Å². The van der Waals surface area contributed by atoms with Crippen molar-refractivity contribution in [3.8, 4) is 0 Å². The highest BCUT2D eigenvalue weighted by Crippen LogP contribution is 2.24. The first-order chi connectivity index (χ1) is 8.24. The van der Waals surface area contributed by atoms with Crippen molar-refractivity contribution < 1.29 is 0 Å². The molecule has 1 heterocycles. The van der Waals surface area contributed by atoms with Gasteiger partial charge in [-0.3, -0.25) is 0 Å². The Kier molecular flexibility index (Phi) is 4.19. The van der Waals surface area contributed by atoms with Gasteiger partial charge in [-0.05, 0) is 37.9 Å². The highest BCUT2D eigenvalue weighted by atomic mass is 15.1. The zero-order chi connectivity index (χ0) is 12.1. The van der Waals surface area contributed by atoms with E-state index in [1.54, 1.807) is 0 Å². The third kappa shape index (κ3) is 3.08. The van der Waals surface area contributed by atoms with Crippen LogP contribution in [0.2, 0.25) is 0 Å². The minimum atomic E-state index is -0.182. The van der Waals surface area contributed by atoms with Crippen LogP contribution < -0.4 is 5.73 Å². The van der Waals surface area contributed by atoms with Crippen molar-refractivity contribution in [1.29, 1.82) is 0 Å². The summed E-state index contributed by atoms with van der Waals surface area (Å²) in [6, 6.07) is 10.5. The Labute approximate surface area is 105 Å². The molecule has 0 bridgehead atoms. The van der Waals surface area contributed by atoms with Gasteiger partial charge in [0.1, 0.15) is 0 Å². The predicted octanol–water partition coefficient (Wildman–Crippen LogP) is 2.74. The van der Waals surface area contributed by atoms with Crippen molar-refractivity contribution >= 4 is 0 Å². The molecule has 0 aromatic heterocycles. The zero-order valence-electron chi connectivity index (χ0n) is 10.9. The maximum absolute atomic E-state index is 6.61. The molecule has 1 atom stereocenters. The minimum Gasteiger partial charge on any atom is -0.320 e. The third-order valence-corrected chi connectivity index (χ3v) is 3.93. The van der Waals surface area contributed by atoms with Gasteiger partial charge in [-0.1, -0.05) is 43.7 Å². The summed E-state index contributed by atoms with van der Waals surface area (Å²) in [5, 5.41) is 0. The lowest BCUT2D eigenvalue weighted by atomic mass is 9.87. The van der Waals surface area contributed by atoms with Crippen molar-refractivity contribution in [2.45, 2.75) is 38.1 Å². The summed E-state index contributed by atoms with van der Waals surface area (Å²) in [5.74, 6) is 0. The van der Waals surface area contributed by atoms with E-state index in [1.165, 1.54) is 37.9 Å². The van der Waals surface area contributed by atoms with E-state index in [-0.39, 0.29) is 5.54 Å². The summed E-state index contributed by atoms with van der Waals surface area (Å²) in [6.07, 6.45) is 5.03. The van der Waals surface area contributed by atoms with Gasteiger partial charge in [0.15, 0.2) is 0 Å². The van der Waals surface area contributed by atoms with E-state index < -0.39 is 0 Å². The van der Waals surface area contributed by atoms with E-state index in [0.717, 1.165) is 13.0 Å². The Bertz CT molecular complexity index is 330. The van der Waals surface area contributed by atoms with Crippen molar-refractivity contribution in [3.63, 3.8) is 0 Å². The first-order valence-corrected chi connectivity index (χ1v) is 6.81. The Balaban J connectivity index is 2.08. The average Bonchev–Trinajstić information content (AvgIpc) is 2.41.